The molecule has 3 aromatic rings. The lowest BCUT2D eigenvalue weighted by Gasteiger charge is -2.37. The Bertz CT molecular complexity index is 1320. The summed E-state index contributed by atoms with van der Waals surface area (Å²) in [5.74, 6) is 0.455. The van der Waals surface area contributed by atoms with Crippen LogP contribution >= 0.6 is 0 Å². The molecule has 0 saturated heterocycles. The number of aromatic nitrogens is 1. The second-order valence-electron chi connectivity index (χ2n) is 8.53. The van der Waals surface area contributed by atoms with Crippen LogP contribution < -0.4 is 20.0 Å². The van der Waals surface area contributed by atoms with E-state index in [9.17, 15) is 14.4 Å². The second-order valence-corrected chi connectivity index (χ2v) is 8.53. The van der Waals surface area contributed by atoms with E-state index >= 15 is 0 Å². The van der Waals surface area contributed by atoms with Crippen molar-refractivity contribution in [2.45, 2.75) is 26.4 Å². The highest BCUT2D eigenvalue weighted by Gasteiger charge is 2.42. The van der Waals surface area contributed by atoms with Gasteiger partial charge in [0, 0.05) is 21.1 Å². The molecule has 2 atom stereocenters. The molecule has 0 saturated carbocycles. The second kappa shape index (κ2) is 8.87. The molecule has 1 aromatic heterocycles. The molecule has 2 aliphatic heterocycles. The summed E-state index contributed by atoms with van der Waals surface area (Å²) in [4.78, 5) is 48.9. The number of anilines is 3. The van der Waals surface area contributed by atoms with Crippen molar-refractivity contribution in [2.24, 2.45) is 0 Å². The Balaban J connectivity index is 0.00000289. The zero-order chi connectivity index (χ0) is 24.1. The maximum absolute atomic E-state index is 13.9. The number of pyridine rings is 1. The average molecular weight is 472 g/mol. The number of rotatable bonds is 3. The molecule has 0 bridgehead atoms. The third-order valence-corrected chi connectivity index (χ3v) is 6.72. The number of hydrogen-bond donors (Lipinski definition) is 1. The molecular weight excluding hydrogens is 442 g/mol. The van der Waals surface area contributed by atoms with Crippen LogP contribution in [0.1, 0.15) is 52.2 Å². The van der Waals surface area contributed by atoms with Crippen LogP contribution in [0.15, 0.2) is 60.7 Å². The van der Waals surface area contributed by atoms with E-state index in [1.165, 1.54) is 0 Å². The van der Waals surface area contributed by atoms with Crippen molar-refractivity contribution in [3.05, 3.63) is 82.9 Å². The third kappa shape index (κ3) is 3.53. The zero-order valence-corrected chi connectivity index (χ0v) is 19.4. The van der Waals surface area contributed by atoms with E-state index < -0.39 is 6.04 Å². The maximum Gasteiger partial charge on any atom is 0.261 e. The number of likely N-dealkylation sites (N-methyl/N-ethyl adjacent to an activating group) is 2. The minimum absolute atomic E-state index is 0. The lowest BCUT2D eigenvalue weighted by molar-refractivity contribution is -0.119. The summed E-state index contributed by atoms with van der Waals surface area (Å²) in [6, 6.07) is 17.8. The SMILES string of the molecule is C.CNC(=O)c1cccc2c1C(=O)N(c1ccc3c(n1)N(C)C(C)C(=O)N3C)C2c1ccccc1. The number of benzene rings is 2. The predicted molar refractivity (Wildman–Crippen MR) is 137 cm³/mol. The van der Waals surface area contributed by atoms with Gasteiger partial charge in [-0.05, 0) is 36.2 Å². The molecule has 8 nitrogen and oxygen atoms in total. The first-order valence-electron chi connectivity index (χ1n) is 11.1. The molecule has 3 amide bonds. The molecule has 0 aliphatic carbocycles. The molecule has 8 heteroatoms. The maximum atomic E-state index is 13.9. The lowest BCUT2D eigenvalue weighted by atomic mass is 9.95. The Hall–Kier alpha value is -4.20. The topological polar surface area (TPSA) is 85.9 Å². The highest BCUT2D eigenvalue weighted by molar-refractivity contribution is 6.17. The highest BCUT2D eigenvalue weighted by atomic mass is 16.2. The van der Waals surface area contributed by atoms with E-state index in [2.05, 4.69) is 5.32 Å². The minimum atomic E-state index is -0.440. The molecule has 0 radical (unpaired) electrons. The van der Waals surface area contributed by atoms with Crippen LogP contribution in [0.4, 0.5) is 17.3 Å². The summed E-state index contributed by atoms with van der Waals surface area (Å²) in [6.07, 6.45) is 0. The van der Waals surface area contributed by atoms with Gasteiger partial charge in [-0.15, -0.1) is 0 Å². The summed E-state index contributed by atoms with van der Waals surface area (Å²) in [5, 5.41) is 2.63. The van der Waals surface area contributed by atoms with E-state index in [-0.39, 0.29) is 31.2 Å². The number of nitrogens with zero attached hydrogens (tertiary/aromatic N) is 4. The van der Waals surface area contributed by atoms with Crippen molar-refractivity contribution in [1.82, 2.24) is 10.3 Å². The summed E-state index contributed by atoms with van der Waals surface area (Å²) < 4.78 is 0. The average Bonchev–Trinajstić information content (AvgIpc) is 3.18. The number of carbonyl (C=O) groups excluding carboxylic acids is 3. The van der Waals surface area contributed by atoms with Gasteiger partial charge in [-0.2, -0.15) is 0 Å². The molecule has 0 fully saturated rings. The van der Waals surface area contributed by atoms with E-state index in [1.807, 2.05) is 61.3 Å². The Morgan fingerprint density at radius 3 is 2.37 bits per heavy atom. The highest BCUT2D eigenvalue weighted by Crippen LogP contribution is 2.44. The fourth-order valence-electron chi connectivity index (χ4n) is 4.77. The number of hydrogen-bond acceptors (Lipinski definition) is 5. The Morgan fingerprint density at radius 1 is 0.971 bits per heavy atom. The molecule has 180 valence electrons. The van der Waals surface area contributed by atoms with Crippen LogP contribution in [0.5, 0.6) is 0 Å². The lowest BCUT2D eigenvalue weighted by Crippen LogP contribution is -2.49. The minimum Gasteiger partial charge on any atom is -0.355 e. The van der Waals surface area contributed by atoms with Crippen molar-refractivity contribution in [3.63, 3.8) is 0 Å². The van der Waals surface area contributed by atoms with Crippen LogP contribution in [-0.4, -0.2) is 49.9 Å². The van der Waals surface area contributed by atoms with Gasteiger partial charge in [0.15, 0.2) is 5.82 Å². The molecule has 1 N–H and O–H groups in total. The van der Waals surface area contributed by atoms with Crippen LogP contribution in [0.2, 0.25) is 0 Å². The number of fused-ring (bicyclic) bond motifs is 2. The largest absolute Gasteiger partial charge is 0.355 e. The van der Waals surface area contributed by atoms with Gasteiger partial charge in [-0.25, -0.2) is 4.98 Å². The monoisotopic (exact) mass is 471 g/mol. The summed E-state index contributed by atoms with van der Waals surface area (Å²) >= 11 is 0. The molecular formula is C27H29N5O3. The third-order valence-electron chi connectivity index (χ3n) is 6.72. The number of carbonyl (C=O) groups is 3. The molecule has 35 heavy (non-hydrogen) atoms. The van der Waals surface area contributed by atoms with Crippen LogP contribution in [0.25, 0.3) is 0 Å². The first-order chi connectivity index (χ1) is 16.3. The predicted octanol–water partition coefficient (Wildman–Crippen LogP) is 3.63. The fraction of sp³-hybridized carbons (Fsp3) is 0.259. The van der Waals surface area contributed by atoms with Crippen molar-refractivity contribution < 1.29 is 14.4 Å². The van der Waals surface area contributed by atoms with Crippen LogP contribution in [0, 0.1) is 0 Å². The van der Waals surface area contributed by atoms with Crippen molar-refractivity contribution in [1.29, 1.82) is 0 Å². The Kier molecular flexibility index (Phi) is 6.06. The van der Waals surface area contributed by atoms with E-state index in [0.717, 1.165) is 11.1 Å². The number of nitrogens with one attached hydrogen (secondary N) is 1. The molecule has 3 heterocycles. The Labute approximate surface area is 205 Å². The van der Waals surface area contributed by atoms with Gasteiger partial charge in [0.2, 0.25) is 5.91 Å². The zero-order valence-electron chi connectivity index (χ0n) is 19.4. The van der Waals surface area contributed by atoms with Gasteiger partial charge >= 0.3 is 0 Å². The summed E-state index contributed by atoms with van der Waals surface area (Å²) in [5.41, 5.74) is 3.07. The molecule has 2 aliphatic rings. The van der Waals surface area contributed by atoms with Gasteiger partial charge < -0.3 is 15.1 Å². The Morgan fingerprint density at radius 2 is 1.69 bits per heavy atom. The van der Waals surface area contributed by atoms with Crippen molar-refractivity contribution in [3.8, 4) is 0 Å². The van der Waals surface area contributed by atoms with Gasteiger partial charge in [0.25, 0.3) is 11.8 Å². The molecule has 5 rings (SSSR count). The van der Waals surface area contributed by atoms with Gasteiger partial charge in [-0.1, -0.05) is 49.9 Å². The molecule has 2 aromatic carbocycles. The quantitative estimate of drug-likeness (QED) is 0.631. The standard InChI is InChI=1S/C26H25N5O3.CH4/c1-15-25(33)30(4)19-13-14-20(28-23(19)29(15)3)31-22(16-9-6-5-7-10-16)17-11-8-12-18(24(32)27-2)21(17)26(31)34;/h5-15,22H,1-4H3,(H,27,32);1H4. The fourth-order valence-corrected chi connectivity index (χ4v) is 4.77. The van der Waals surface area contributed by atoms with Crippen molar-refractivity contribution in [2.75, 3.05) is 35.8 Å². The number of amides is 3. The van der Waals surface area contributed by atoms with Crippen LogP contribution in [-0.2, 0) is 4.79 Å². The van der Waals surface area contributed by atoms with E-state index in [1.54, 1.807) is 42.1 Å². The summed E-state index contributed by atoms with van der Waals surface area (Å²) in [7, 11) is 5.10. The molecule has 2 unspecified atom stereocenters. The van der Waals surface area contributed by atoms with E-state index in [0.29, 0.717) is 28.5 Å². The van der Waals surface area contributed by atoms with Crippen LogP contribution in [0.3, 0.4) is 0 Å². The normalized spacial score (nSPS) is 18.7. The van der Waals surface area contributed by atoms with Gasteiger partial charge in [-0.3, -0.25) is 19.3 Å². The smallest absolute Gasteiger partial charge is 0.261 e. The van der Waals surface area contributed by atoms with Gasteiger partial charge in [0.1, 0.15) is 11.9 Å². The van der Waals surface area contributed by atoms with E-state index in [4.69, 9.17) is 4.98 Å². The van der Waals surface area contributed by atoms with Gasteiger partial charge in [0.05, 0.1) is 22.9 Å². The first kappa shape index (κ1) is 23.9. The summed E-state index contributed by atoms with van der Waals surface area (Å²) in [6.45, 7) is 1.83. The first-order valence-corrected chi connectivity index (χ1v) is 11.1. The molecule has 0 spiro atoms. The van der Waals surface area contributed by atoms with Crippen molar-refractivity contribution >= 4 is 35.0 Å².